The third-order valence-electron chi connectivity index (χ3n) is 4.17. The standard InChI is InChI=1S/C18H19ClN2O2S/c1-13-3-9-17(10-4-13)24(22,23)21-12-11-18(20-14(21)2)15-5-7-16(19)8-6-15/h3-10,18H,11-12H2,1-2H3. The van der Waals surface area contributed by atoms with Crippen molar-refractivity contribution in [3.8, 4) is 0 Å². The quantitative estimate of drug-likeness (QED) is 0.821. The maximum Gasteiger partial charge on any atom is 0.265 e. The molecular weight excluding hydrogens is 344 g/mol. The number of hydrogen-bond acceptors (Lipinski definition) is 3. The molecule has 126 valence electrons. The summed E-state index contributed by atoms with van der Waals surface area (Å²) in [6, 6.07) is 14.4. The fraction of sp³-hybridized carbons (Fsp3) is 0.278. The van der Waals surface area contributed by atoms with E-state index in [9.17, 15) is 8.42 Å². The Morgan fingerprint density at radius 1 is 1.04 bits per heavy atom. The second kappa shape index (κ2) is 6.57. The molecule has 0 spiro atoms. The molecule has 0 aliphatic carbocycles. The normalized spacial score (nSPS) is 18.4. The summed E-state index contributed by atoms with van der Waals surface area (Å²) in [5.74, 6) is 0.516. The Labute approximate surface area is 147 Å². The van der Waals surface area contributed by atoms with Crippen LogP contribution in [0.3, 0.4) is 0 Å². The molecular formula is C18H19ClN2O2S. The first-order chi connectivity index (χ1) is 11.4. The SMILES string of the molecule is CC1=NC(c2ccc(Cl)cc2)CCN1S(=O)(=O)c1ccc(C)cc1. The average Bonchev–Trinajstić information content (AvgIpc) is 2.55. The fourth-order valence-corrected chi connectivity index (χ4v) is 4.41. The lowest BCUT2D eigenvalue weighted by Gasteiger charge is -2.30. The average molecular weight is 363 g/mol. The number of benzene rings is 2. The maximum absolute atomic E-state index is 12.8. The lowest BCUT2D eigenvalue weighted by molar-refractivity contribution is 0.464. The number of amidine groups is 1. The zero-order valence-electron chi connectivity index (χ0n) is 13.6. The van der Waals surface area contributed by atoms with Crippen LogP contribution in [0.4, 0.5) is 0 Å². The van der Waals surface area contributed by atoms with E-state index in [2.05, 4.69) is 4.99 Å². The van der Waals surface area contributed by atoms with E-state index in [4.69, 9.17) is 11.6 Å². The summed E-state index contributed by atoms with van der Waals surface area (Å²) < 4.78 is 27.0. The van der Waals surface area contributed by atoms with Crippen LogP contribution >= 0.6 is 11.6 Å². The van der Waals surface area contributed by atoms with Gasteiger partial charge in [-0.1, -0.05) is 41.4 Å². The summed E-state index contributed by atoms with van der Waals surface area (Å²) in [6.45, 7) is 4.09. The van der Waals surface area contributed by atoms with Crippen molar-refractivity contribution in [3.05, 3.63) is 64.7 Å². The van der Waals surface area contributed by atoms with Gasteiger partial charge in [0.2, 0.25) is 0 Å². The van der Waals surface area contributed by atoms with E-state index in [1.165, 1.54) is 4.31 Å². The third kappa shape index (κ3) is 3.32. The van der Waals surface area contributed by atoms with Gasteiger partial charge < -0.3 is 0 Å². The summed E-state index contributed by atoms with van der Waals surface area (Å²) >= 11 is 5.92. The van der Waals surface area contributed by atoms with Crippen molar-refractivity contribution in [2.45, 2.75) is 31.2 Å². The van der Waals surface area contributed by atoms with Gasteiger partial charge >= 0.3 is 0 Å². The predicted molar refractivity (Wildman–Crippen MR) is 97.0 cm³/mol. The number of nitrogens with zero attached hydrogens (tertiary/aromatic N) is 2. The smallest absolute Gasteiger partial charge is 0.264 e. The van der Waals surface area contributed by atoms with Gasteiger partial charge in [0.15, 0.2) is 0 Å². The molecule has 3 rings (SSSR count). The second-order valence-electron chi connectivity index (χ2n) is 5.92. The van der Waals surface area contributed by atoms with Crippen LogP contribution in [-0.2, 0) is 10.0 Å². The summed E-state index contributed by atoms with van der Waals surface area (Å²) in [6.07, 6.45) is 0.643. The van der Waals surface area contributed by atoms with Crippen molar-refractivity contribution in [2.24, 2.45) is 4.99 Å². The summed E-state index contributed by atoms with van der Waals surface area (Å²) in [5.41, 5.74) is 2.08. The van der Waals surface area contributed by atoms with Crippen molar-refractivity contribution in [1.29, 1.82) is 0 Å². The molecule has 0 N–H and O–H groups in total. The minimum absolute atomic E-state index is 0.0354. The lowest BCUT2D eigenvalue weighted by atomic mass is 10.0. The largest absolute Gasteiger partial charge is 0.265 e. The molecule has 0 saturated carbocycles. The first kappa shape index (κ1) is 17.0. The van der Waals surface area contributed by atoms with Crippen molar-refractivity contribution < 1.29 is 8.42 Å². The van der Waals surface area contributed by atoms with Crippen molar-refractivity contribution >= 4 is 27.5 Å². The molecule has 1 atom stereocenters. The molecule has 1 unspecified atom stereocenters. The minimum atomic E-state index is -3.56. The van der Waals surface area contributed by atoms with Gasteiger partial charge in [-0.2, -0.15) is 0 Å². The number of aryl methyl sites for hydroxylation is 1. The Morgan fingerprint density at radius 3 is 2.25 bits per heavy atom. The maximum atomic E-state index is 12.8. The molecule has 24 heavy (non-hydrogen) atoms. The highest BCUT2D eigenvalue weighted by Gasteiger charge is 2.30. The predicted octanol–water partition coefficient (Wildman–Crippen LogP) is 4.20. The Hall–Kier alpha value is -1.85. The first-order valence-corrected chi connectivity index (χ1v) is 9.59. The van der Waals surface area contributed by atoms with Crippen LogP contribution in [-0.4, -0.2) is 25.1 Å². The Balaban J connectivity index is 1.88. The van der Waals surface area contributed by atoms with Crippen LogP contribution in [0, 0.1) is 6.92 Å². The topological polar surface area (TPSA) is 49.7 Å². The Kier molecular flexibility index (Phi) is 4.65. The fourth-order valence-electron chi connectivity index (χ4n) is 2.81. The zero-order chi connectivity index (χ0) is 17.3. The van der Waals surface area contributed by atoms with E-state index in [1.54, 1.807) is 31.2 Å². The van der Waals surface area contributed by atoms with Crippen LogP contribution in [0.5, 0.6) is 0 Å². The molecule has 0 saturated heterocycles. The monoisotopic (exact) mass is 362 g/mol. The molecule has 6 heteroatoms. The molecule has 2 aromatic carbocycles. The molecule has 2 aromatic rings. The minimum Gasteiger partial charge on any atom is -0.264 e. The molecule has 0 bridgehead atoms. The van der Waals surface area contributed by atoms with Gasteiger partial charge in [0.25, 0.3) is 10.0 Å². The second-order valence-corrected chi connectivity index (χ2v) is 8.22. The highest BCUT2D eigenvalue weighted by Crippen LogP contribution is 2.29. The molecule has 0 aromatic heterocycles. The van der Waals surface area contributed by atoms with Gasteiger partial charge in [0, 0.05) is 11.6 Å². The molecule has 1 aliphatic heterocycles. The first-order valence-electron chi connectivity index (χ1n) is 7.77. The number of aliphatic imine (C=N–C) groups is 1. The molecule has 0 radical (unpaired) electrons. The third-order valence-corrected chi connectivity index (χ3v) is 6.32. The Bertz CT molecular complexity index is 859. The van der Waals surface area contributed by atoms with E-state index in [1.807, 2.05) is 31.2 Å². The summed E-state index contributed by atoms with van der Waals surface area (Å²) in [4.78, 5) is 4.89. The number of rotatable bonds is 3. The summed E-state index contributed by atoms with van der Waals surface area (Å²) in [7, 11) is -3.56. The van der Waals surface area contributed by atoms with E-state index in [-0.39, 0.29) is 6.04 Å². The van der Waals surface area contributed by atoms with E-state index in [0.717, 1.165) is 11.1 Å². The Morgan fingerprint density at radius 2 is 1.67 bits per heavy atom. The van der Waals surface area contributed by atoms with Crippen LogP contribution in [0.1, 0.15) is 30.5 Å². The molecule has 0 amide bonds. The van der Waals surface area contributed by atoms with Crippen molar-refractivity contribution in [1.82, 2.24) is 4.31 Å². The van der Waals surface area contributed by atoms with Crippen LogP contribution in [0.25, 0.3) is 0 Å². The van der Waals surface area contributed by atoms with Gasteiger partial charge in [-0.25, -0.2) is 8.42 Å². The highest BCUT2D eigenvalue weighted by molar-refractivity contribution is 7.89. The van der Waals surface area contributed by atoms with Gasteiger partial charge in [-0.3, -0.25) is 9.30 Å². The van der Waals surface area contributed by atoms with Crippen LogP contribution in [0.15, 0.2) is 58.4 Å². The van der Waals surface area contributed by atoms with Gasteiger partial charge in [-0.05, 0) is 50.1 Å². The zero-order valence-corrected chi connectivity index (χ0v) is 15.2. The van der Waals surface area contributed by atoms with Crippen molar-refractivity contribution in [3.63, 3.8) is 0 Å². The van der Waals surface area contributed by atoms with E-state index >= 15 is 0 Å². The van der Waals surface area contributed by atoms with Gasteiger partial charge in [0.1, 0.15) is 5.84 Å². The van der Waals surface area contributed by atoms with Crippen molar-refractivity contribution in [2.75, 3.05) is 6.54 Å². The lowest BCUT2D eigenvalue weighted by Crippen LogP contribution is -2.39. The van der Waals surface area contributed by atoms with Crippen LogP contribution in [0.2, 0.25) is 5.02 Å². The molecule has 4 nitrogen and oxygen atoms in total. The van der Waals surface area contributed by atoms with Gasteiger partial charge in [0.05, 0.1) is 10.9 Å². The number of sulfonamides is 1. The van der Waals surface area contributed by atoms with E-state index < -0.39 is 10.0 Å². The molecule has 1 heterocycles. The summed E-state index contributed by atoms with van der Waals surface area (Å²) in [5, 5.41) is 0.679. The molecule has 1 aliphatic rings. The highest BCUT2D eigenvalue weighted by atomic mass is 35.5. The van der Waals surface area contributed by atoms with E-state index in [0.29, 0.717) is 28.7 Å². The number of hydrogen-bond donors (Lipinski definition) is 0. The van der Waals surface area contributed by atoms with Crippen LogP contribution < -0.4 is 0 Å². The van der Waals surface area contributed by atoms with Gasteiger partial charge in [-0.15, -0.1) is 0 Å². The number of halogens is 1. The molecule has 0 fully saturated rings.